The molecule has 3 aromatic carbocycles. The number of halogens is 2. The van der Waals surface area contributed by atoms with Crippen LogP contribution in [0, 0.1) is 14.9 Å². The first kappa shape index (κ1) is 23.9. The highest BCUT2D eigenvalue weighted by molar-refractivity contribution is 14.1. The summed E-state index contributed by atoms with van der Waals surface area (Å²) in [6.45, 7) is 1.01. The highest BCUT2D eigenvalue weighted by Gasteiger charge is 2.21. The Morgan fingerprint density at radius 3 is 2.50 bits per heavy atom. The van der Waals surface area contributed by atoms with Crippen LogP contribution in [-0.4, -0.2) is 19.2 Å². The second-order valence-corrected chi connectivity index (χ2v) is 8.38. The second kappa shape index (κ2) is 11.7. The summed E-state index contributed by atoms with van der Waals surface area (Å²) in [5.74, 6) is -0.939. The van der Waals surface area contributed by atoms with Gasteiger partial charge in [0.1, 0.15) is 12.4 Å². The van der Waals surface area contributed by atoms with Gasteiger partial charge in [0.25, 0.3) is 0 Å². The number of hydrogen-bond donors (Lipinski definition) is 1. The summed E-state index contributed by atoms with van der Waals surface area (Å²) in [6.07, 6.45) is 0. The number of hydrogen-bond acceptors (Lipinski definition) is 6. The molecule has 1 unspecified atom stereocenters. The fourth-order valence-electron chi connectivity index (χ4n) is 2.99. The van der Waals surface area contributed by atoms with Crippen LogP contribution in [0.1, 0.15) is 22.7 Å². The predicted molar refractivity (Wildman–Crippen MR) is 128 cm³/mol. The van der Waals surface area contributed by atoms with E-state index >= 15 is 0 Å². The van der Waals surface area contributed by atoms with E-state index in [9.17, 15) is 9.90 Å². The Morgan fingerprint density at radius 2 is 1.84 bits per heavy atom. The van der Waals surface area contributed by atoms with Gasteiger partial charge >= 0.3 is 0 Å². The molecule has 0 saturated heterocycles. The fourth-order valence-corrected chi connectivity index (χ4v) is 4.20. The Bertz CT molecular complexity index is 1100. The smallest absolute Gasteiger partial charge is 0.138 e. The summed E-state index contributed by atoms with van der Waals surface area (Å²) >= 11 is 8.25. The van der Waals surface area contributed by atoms with Gasteiger partial charge in [-0.15, -0.1) is 0 Å². The van der Waals surface area contributed by atoms with Gasteiger partial charge in [0.15, 0.2) is 0 Å². The molecule has 0 spiro atoms. The molecule has 0 heterocycles. The van der Waals surface area contributed by atoms with Crippen molar-refractivity contribution in [2.24, 2.45) is 0 Å². The number of nitrogens with zero attached hydrogens (tertiary/aromatic N) is 1. The van der Waals surface area contributed by atoms with Gasteiger partial charge in [-0.05, 0) is 64.6 Å². The third kappa shape index (κ3) is 6.60. The highest BCUT2D eigenvalue weighted by Crippen LogP contribution is 2.35. The first-order valence-corrected chi connectivity index (χ1v) is 11.1. The quantitative estimate of drug-likeness (QED) is 0.293. The van der Waals surface area contributed by atoms with E-state index in [1.807, 2.05) is 36.4 Å². The number of benzene rings is 3. The van der Waals surface area contributed by atoms with Crippen molar-refractivity contribution in [1.29, 1.82) is 5.26 Å². The summed E-state index contributed by atoms with van der Waals surface area (Å²) in [5, 5.41) is 24.2. The van der Waals surface area contributed by atoms with Crippen LogP contribution < -0.4 is 15.2 Å². The molecule has 0 amide bonds. The molecule has 3 aromatic rings. The minimum Gasteiger partial charge on any atom is -0.548 e. The zero-order valence-electron chi connectivity index (χ0n) is 16.9. The van der Waals surface area contributed by atoms with Crippen molar-refractivity contribution in [3.8, 4) is 11.8 Å². The van der Waals surface area contributed by atoms with Crippen LogP contribution in [0.15, 0.2) is 66.7 Å². The van der Waals surface area contributed by atoms with Gasteiger partial charge in [0.05, 0.1) is 40.4 Å². The van der Waals surface area contributed by atoms with Crippen molar-refractivity contribution in [2.45, 2.75) is 12.6 Å². The van der Waals surface area contributed by atoms with Crippen LogP contribution in [0.2, 0.25) is 5.02 Å². The number of ether oxygens (including phenoxy) is 2. The van der Waals surface area contributed by atoms with E-state index in [0.29, 0.717) is 44.4 Å². The largest absolute Gasteiger partial charge is 0.548 e. The number of anilines is 1. The molecule has 6 nitrogen and oxygen atoms in total. The van der Waals surface area contributed by atoms with E-state index in [-0.39, 0.29) is 6.61 Å². The summed E-state index contributed by atoms with van der Waals surface area (Å²) in [6, 6.07) is 20.3. The van der Waals surface area contributed by atoms with Gasteiger partial charge in [0, 0.05) is 16.3 Å². The third-order valence-corrected chi connectivity index (χ3v) is 5.51. The van der Waals surface area contributed by atoms with Crippen molar-refractivity contribution < 1.29 is 19.4 Å². The summed E-state index contributed by atoms with van der Waals surface area (Å²) < 4.78 is 12.2. The molecule has 0 radical (unpaired) electrons. The van der Waals surface area contributed by atoms with Crippen molar-refractivity contribution >= 4 is 45.8 Å². The molecule has 0 saturated carbocycles. The fraction of sp³-hybridized carbons (Fsp3) is 0.167. The average Bonchev–Trinajstić information content (AvgIpc) is 2.79. The molecule has 1 N–H and O–H groups in total. The van der Waals surface area contributed by atoms with Gasteiger partial charge in [-0.25, -0.2) is 0 Å². The second-order valence-electron chi connectivity index (χ2n) is 6.78. The Labute approximate surface area is 204 Å². The van der Waals surface area contributed by atoms with Crippen LogP contribution in [0.4, 0.5) is 5.69 Å². The zero-order valence-corrected chi connectivity index (χ0v) is 19.8. The zero-order chi connectivity index (χ0) is 22.9. The number of nitriles is 1. The van der Waals surface area contributed by atoms with Gasteiger partial charge in [-0.1, -0.05) is 41.9 Å². The molecular weight excluding hydrogens is 543 g/mol. The minimum absolute atomic E-state index is 0.230. The SMILES string of the molecule is N#Cc1ccc(NC(C(=O)[O-])c2cc(Cl)cc(I)c2OCCOCc2ccccc2)cc1. The highest BCUT2D eigenvalue weighted by atomic mass is 127. The molecule has 0 aliphatic rings. The summed E-state index contributed by atoms with van der Waals surface area (Å²) in [5.41, 5.74) is 2.38. The van der Waals surface area contributed by atoms with Gasteiger partial charge in [0.2, 0.25) is 0 Å². The number of nitrogens with one attached hydrogen (secondary N) is 1. The lowest BCUT2D eigenvalue weighted by molar-refractivity contribution is -0.307. The van der Waals surface area contributed by atoms with Crippen molar-refractivity contribution in [3.63, 3.8) is 0 Å². The van der Waals surface area contributed by atoms with E-state index in [1.54, 1.807) is 36.4 Å². The number of rotatable bonds is 10. The topological polar surface area (TPSA) is 94.4 Å². The lowest BCUT2D eigenvalue weighted by Gasteiger charge is -2.25. The van der Waals surface area contributed by atoms with Crippen molar-refractivity contribution in [3.05, 3.63) is 92.0 Å². The standard InChI is InChI=1S/C24H20ClIN2O4/c25-18-12-20(22(24(29)30)28-19-8-6-16(14-27)7-9-19)23(21(26)13-18)32-11-10-31-15-17-4-2-1-3-5-17/h1-9,12-13,22,28H,10-11,15H2,(H,29,30)/p-1. The van der Waals surface area contributed by atoms with E-state index in [0.717, 1.165) is 5.56 Å². The summed E-state index contributed by atoms with van der Waals surface area (Å²) in [4.78, 5) is 12.0. The molecule has 3 rings (SSSR count). The monoisotopic (exact) mass is 561 g/mol. The number of aliphatic carboxylic acids is 1. The maximum Gasteiger partial charge on any atom is 0.138 e. The van der Waals surface area contributed by atoms with Crippen LogP contribution in [-0.2, 0) is 16.1 Å². The van der Waals surface area contributed by atoms with Crippen molar-refractivity contribution in [2.75, 3.05) is 18.5 Å². The van der Waals surface area contributed by atoms with Gasteiger partial charge in [-0.3, -0.25) is 0 Å². The molecular formula is C24H19ClIN2O4-. The van der Waals surface area contributed by atoms with Crippen molar-refractivity contribution in [1.82, 2.24) is 0 Å². The molecule has 0 aliphatic heterocycles. The Kier molecular flexibility index (Phi) is 8.73. The van der Waals surface area contributed by atoms with Crippen LogP contribution in [0.5, 0.6) is 5.75 Å². The van der Waals surface area contributed by atoms with E-state index in [1.165, 1.54) is 0 Å². The Hall–Kier alpha value is -2.80. The molecule has 32 heavy (non-hydrogen) atoms. The maximum absolute atomic E-state index is 12.0. The lowest BCUT2D eigenvalue weighted by atomic mass is 10.0. The average molecular weight is 562 g/mol. The Balaban J connectivity index is 1.73. The molecule has 1 atom stereocenters. The lowest BCUT2D eigenvalue weighted by Crippen LogP contribution is -2.34. The molecule has 164 valence electrons. The normalized spacial score (nSPS) is 11.4. The van der Waals surface area contributed by atoms with E-state index < -0.39 is 12.0 Å². The van der Waals surface area contributed by atoms with Gasteiger partial charge in [-0.2, -0.15) is 5.26 Å². The van der Waals surface area contributed by atoms with E-state index in [2.05, 4.69) is 27.9 Å². The number of carboxylic acids is 1. The van der Waals surface area contributed by atoms with E-state index in [4.69, 9.17) is 26.3 Å². The molecule has 0 aromatic heterocycles. The maximum atomic E-state index is 12.0. The van der Waals surface area contributed by atoms with Gasteiger partial charge < -0.3 is 24.7 Å². The summed E-state index contributed by atoms with van der Waals surface area (Å²) in [7, 11) is 0. The Morgan fingerprint density at radius 1 is 1.12 bits per heavy atom. The first-order valence-electron chi connectivity index (χ1n) is 9.69. The van der Waals surface area contributed by atoms with Crippen LogP contribution >= 0.6 is 34.2 Å². The molecule has 0 fully saturated rings. The number of carbonyl (C=O) groups excluding carboxylic acids is 1. The first-order chi connectivity index (χ1) is 15.5. The van der Waals surface area contributed by atoms with Crippen LogP contribution in [0.25, 0.3) is 0 Å². The minimum atomic E-state index is -1.34. The molecule has 8 heteroatoms. The number of carbonyl (C=O) groups is 1. The molecule has 0 bridgehead atoms. The predicted octanol–water partition coefficient (Wildman–Crippen LogP) is 4.31. The van der Waals surface area contributed by atoms with Crippen LogP contribution in [0.3, 0.4) is 0 Å². The number of carboxylic acid groups (broad SMARTS) is 1. The molecule has 0 aliphatic carbocycles. The third-order valence-electron chi connectivity index (χ3n) is 4.49.